The minimum Gasteiger partial charge on any atom is -0.481 e. The van der Waals surface area contributed by atoms with Crippen molar-refractivity contribution in [3.05, 3.63) is 0 Å². The smallest absolute Gasteiger partial charge is 0.313 e. The average Bonchev–Trinajstić information content (AvgIpc) is 2.03. The average molecular weight is 215 g/mol. The van der Waals surface area contributed by atoms with Gasteiger partial charge in [0.15, 0.2) is 0 Å². The topological polar surface area (TPSA) is 46.5 Å². The van der Waals surface area contributed by atoms with E-state index in [0.29, 0.717) is 0 Å². The van der Waals surface area contributed by atoms with Crippen LogP contribution in [0.15, 0.2) is 0 Å². The van der Waals surface area contributed by atoms with Crippen molar-refractivity contribution < 1.29 is 14.6 Å². The maximum Gasteiger partial charge on any atom is 0.313 e. The number of rotatable bonds is 3. The van der Waals surface area contributed by atoms with Crippen LogP contribution in [0.4, 0.5) is 0 Å². The third kappa shape index (κ3) is 5.96. The Hall–Kier alpha value is 1.42. The van der Waals surface area contributed by atoms with Gasteiger partial charge in [-0.25, -0.2) is 0 Å². The Balaban J connectivity index is 0.00000121. The van der Waals surface area contributed by atoms with Crippen molar-refractivity contribution in [3.8, 4) is 0 Å². The van der Waals surface area contributed by atoms with E-state index in [1.165, 1.54) is 11.8 Å². The van der Waals surface area contributed by atoms with E-state index < -0.39 is 5.97 Å². The summed E-state index contributed by atoms with van der Waals surface area (Å²) in [5.41, 5.74) is 0.125. The third-order valence-electron chi connectivity index (χ3n) is 1.53. The monoisotopic (exact) mass is 215 g/mol. The molecule has 1 atom stereocenters. The van der Waals surface area contributed by atoms with Crippen LogP contribution in [0.3, 0.4) is 0 Å². The fraction of sp³-hybridized carbons (Fsp3) is 0.857. The van der Waals surface area contributed by atoms with E-state index in [9.17, 15) is 4.79 Å². The number of hydrogen-bond acceptors (Lipinski definition) is 3. The van der Waals surface area contributed by atoms with Gasteiger partial charge in [0.2, 0.25) is 0 Å². The van der Waals surface area contributed by atoms with Crippen LogP contribution >= 0.6 is 11.8 Å². The van der Waals surface area contributed by atoms with Crippen LogP contribution in [-0.4, -0.2) is 80.3 Å². The van der Waals surface area contributed by atoms with Gasteiger partial charge in [-0.05, 0) is 19.3 Å². The fourth-order valence-electron chi connectivity index (χ4n) is 1.01. The molecule has 0 aromatic rings. The van der Waals surface area contributed by atoms with Gasteiger partial charge in [0, 0.05) is 58.0 Å². The van der Waals surface area contributed by atoms with Crippen LogP contribution < -0.4 is 0 Å². The van der Waals surface area contributed by atoms with Crippen molar-refractivity contribution in [2.75, 3.05) is 12.4 Å². The van der Waals surface area contributed by atoms with Crippen LogP contribution in [0.1, 0.15) is 19.3 Å². The molecule has 12 heavy (non-hydrogen) atoms. The molecule has 0 aromatic carbocycles. The van der Waals surface area contributed by atoms with E-state index in [0.717, 1.165) is 25.9 Å². The summed E-state index contributed by atoms with van der Waals surface area (Å²) < 4.78 is 5.33. The maximum absolute atomic E-state index is 10.2. The van der Waals surface area contributed by atoms with Crippen molar-refractivity contribution in [2.45, 2.75) is 24.7 Å². The summed E-state index contributed by atoms with van der Waals surface area (Å²) in [6.45, 7) is 0.789. The minimum absolute atomic E-state index is 0. The first-order valence-electron chi connectivity index (χ1n) is 3.74. The molecule has 1 aliphatic rings. The second kappa shape index (κ2) is 7.79. The van der Waals surface area contributed by atoms with E-state index >= 15 is 0 Å². The molecule has 0 spiro atoms. The summed E-state index contributed by atoms with van der Waals surface area (Å²) in [6.07, 6.45) is 3.28. The van der Waals surface area contributed by atoms with E-state index in [-0.39, 0.29) is 62.6 Å². The van der Waals surface area contributed by atoms with Gasteiger partial charge in [-0.3, -0.25) is 4.79 Å². The first kappa shape index (κ1) is 13.4. The summed E-state index contributed by atoms with van der Waals surface area (Å²) in [4.78, 5) is 10.2. The number of carbonyl (C=O) groups is 1. The maximum atomic E-state index is 10.2. The Labute approximate surface area is 119 Å². The summed E-state index contributed by atoms with van der Waals surface area (Å²) in [5, 5.41) is 8.37. The van der Waals surface area contributed by atoms with Gasteiger partial charge in [-0.2, -0.15) is 0 Å². The molecule has 1 saturated heterocycles. The van der Waals surface area contributed by atoms with Crippen molar-refractivity contribution >= 4 is 69.1 Å². The predicted octanol–water partition coefficient (Wildman–Crippen LogP) is 0.950. The molecule has 1 unspecified atom stereocenters. The van der Waals surface area contributed by atoms with Crippen molar-refractivity contribution in [1.82, 2.24) is 0 Å². The van der Waals surface area contributed by atoms with Gasteiger partial charge in [0.05, 0.1) is 5.75 Å². The second-order valence-corrected chi connectivity index (χ2v) is 3.65. The fourth-order valence-corrected chi connectivity index (χ4v) is 1.86. The van der Waals surface area contributed by atoms with Gasteiger partial charge in [-0.1, -0.05) is 0 Å². The molecule has 0 bridgehead atoms. The molecule has 1 N–H and O–H groups in total. The SMILES string of the molecule is O=C(O)CSC1CCCCO1.[K]. The molecular formula is C7H12KO3S. The molecule has 0 amide bonds. The number of carboxylic acid groups (broad SMARTS) is 1. The standard InChI is InChI=1S/C7H12O3S.K/c8-6(9)5-11-7-3-1-2-4-10-7;/h7H,1-5H2,(H,8,9);. The van der Waals surface area contributed by atoms with E-state index in [2.05, 4.69) is 0 Å². The zero-order valence-electron chi connectivity index (χ0n) is 7.28. The van der Waals surface area contributed by atoms with Gasteiger partial charge in [0.25, 0.3) is 0 Å². The molecule has 1 fully saturated rings. The largest absolute Gasteiger partial charge is 0.481 e. The normalized spacial score (nSPS) is 22.8. The summed E-state index contributed by atoms with van der Waals surface area (Å²) in [5.74, 6) is -0.603. The molecule has 1 rings (SSSR count). The molecular weight excluding hydrogens is 203 g/mol. The summed E-state index contributed by atoms with van der Waals surface area (Å²) in [6, 6.07) is 0. The Kier molecular flexibility index (Phi) is 8.71. The molecule has 1 aliphatic heterocycles. The Morgan fingerprint density at radius 2 is 2.33 bits per heavy atom. The zero-order valence-corrected chi connectivity index (χ0v) is 11.2. The van der Waals surface area contributed by atoms with E-state index in [4.69, 9.17) is 9.84 Å². The van der Waals surface area contributed by atoms with Crippen LogP contribution in [0.25, 0.3) is 0 Å². The molecule has 65 valence electrons. The Bertz CT molecular complexity index is 137. The van der Waals surface area contributed by atoms with Crippen LogP contribution in [0.2, 0.25) is 0 Å². The van der Waals surface area contributed by atoms with Crippen LogP contribution in [-0.2, 0) is 9.53 Å². The molecule has 1 heterocycles. The van der Waals surface area contributed by atoms with Crippen molar-refractivity contribution in [1.29, 1.82) is 0 Å². The zero-order chi connectivity index (χ0) is 8.10. The van der Waals surface area contributed by atoms with Crippen molar-refractivity contribution in [2.24, 2.45) is 0 Å². The van der Waals surface area contributed by atoms with E-state index in [1.807, 2.05) is 0 Å². The number of thioether (sulfide) groups is 1. The van der Waals surface area contributed by atoms with E-state index in [1.54, 1.807) is 0 Å². The molecule has 1 radical (unpaired) electrons. The predicted molar refractivity (Wildman–Crippen MR) is 49.4 cm³/mol. The quantitative estimate of drug-likeness (QED) is 0.712. The third-order valence-corrected chi connectivity index (χ3v) is 2.69. The molecule has 3 nitrogen and oxygen atoms in total. The number of aliphatic carboxylic acids is 1. The summed E-state index contributed by atoms with van der Waals surface area (Å²) >= 11 is 1.38. The van der Waals surface area contributed by atoms with Gasteiger partial charge >= 0.3 is 5.97 Å². The summed E-state index contributed by atoms with van der Waals surface area (Å²) in [7, 11) is 0. The first-order valence-corrected chi connectivity index (χ1v) is 4.79. The van der Waals surface area contributed by atoms with Gasteiger partial charge in [-0.15, -0.1) is 11.8 Å². The number of hydrogen-bond donors (Lipinski definition) is 1. The first-order chi connectivity index (χ1) is 5.29. The molecule has 0 aromatic heterocycles. The Morgan fingerprint density at radius 1 is 1.58 bits per heavy atom. The van der Waals surface area contributed by atoms with Crippen LogP contribution in [0.5, 0.6) is 0 Å². The van der Waals surface area contributed by atoms with Crippen molar-refractivity contribution in [3.63, 3.8) is 0 Å². The molecule has 0 saturated carbocycles. The van der Waals surface area contributed by atoms with Gasteiger partial charge < -0.3 is 9.84 Å². The number of carboxylic acids is 1. The Morgan fingerprint density at radius 3 is 2.83 bits per heavy atom. The second-order valence-electron chi connectivity index (χ2n) is 2.50. The molecule has 0 aliphatic carbocycles. The van der Waals surface area contributed by atoms with Crippen LogP contribution in [0, 0.1) is 0 Å². The van der Waals surface area contributed by atoms with Gasteiger partial charge in [0.1, 0.15) is 5.44 Å². The minimum atomic E-state index is -0.760. The molecule has 5 heteroatoms. The number of ether oxygens (including phenoxy) is 1.